The molecule has 1 amide bonds. The Hall–Kier alpha value is -2.56. The zero-order valence-corrected chi connectivity index (χ0v) is 19.8. The molecule has 0 unspecified atom stereocenters. The SMILES string of the molecule is COc1ccc(CN(C(=O)CSc2nc3cc(S(=O)(=O)N(C)C)ccc3o2)C2CC2)cc1. The van der Waals surface area contributed by atoms with E-state index < -0.39 is 10.0 Å². The number of rotatable bonds is 9. The lowest BCUT2D eigenvalue weighted by atomic mass is 10.2. The smallest absolute Gasteiger partial charge is 0.257 e. The summed E-state index contributed by atoms with van der Waals surface area (Å²) >= 11 is 1.22. The molecule has 3 aromatic rings. The summed E-state index contributed by atoms with van der Waals surface area (Å²) in [7, 11) is 1.03. The second kappa shape index (κ2) is 9.13. The van der Waals surface area contributed by atoms with Crippen LogP contribution in [0.25, 0.3) is 11.1 Å². The van der Waals surface area contributed by atoms with E-state index in [1.807, 2.05) is 29.2 Å². The number of hydrogen-bond donors (Lipinski definition) is 0. The summed E-state index contributed by atoms with van der Waals surface area (Å²) in [6, 6.07) is 12.6. The van der Waals surface area contributed by atoms with E-state index in [0.29, 0.717) is 22.9 Å². The van der Waals surface area contributed by atoms with Gasteiger partial charge in [-0.1, -0.05) is 23.9 Å². The maximum Gasteiger partial charge on any atom is 0.257 e. The van der Waals surface area contributed by atoms with Crippen LogP contribution in [0.1, 0.15) is 18.4 Å². The molecule has 8 nitrogen and oxygen atoms in total. The Morgan fingerprint density at radius 2 is 1.91 bits per heavy atom. The second-order valence-electron chi connectivity index (χ2n) is 7.79. The van der Waals surface area contributed by atoms with Crippen LogP contribution in [-0.4, -0.2) is 61.5 Å². The minimum atomic E-state index is -3.56. The average molecular weight is 476 g/mol. The van der Waals surface area contributed by atoms with Gasteiger partial charge in [0.1, 0.15) is 11.3 Å². The quantitative estimate of drug-likeness (QED) is 0.438. The summed E-state index contributed by atoms with van der Waals surface area (Å²) in [4.78, 5) is 19.3. The molecule has 0 aliphatic heterocycles. The van der Waals surface area contributed by atoms with Gasteiger partial charge in [0, 0.05) is 26.7 Å². The van der Waals surface area contributed by atoms with Crippen molar-refractivity contribution in [3.05, 3.63) is 48.0 Å². The average Bonchev–Trinajstić information content (AvgIpc) is 3.54. The number of fused-ring (bicyclic) bond motifs is 1. The number of oxazole rings is 1. The molecule has 4 rings (SSSR count). The summed E-state index contributed by atoms with van der Waals surface area (Å²) in [5.41, 5.74) is 1.97. The Labute approximate surface area is 191 Å². The number of nitrogens with zero attached hydrogens (tertiary/aromatic N) is 3. The van der Waals surface area contributed by atoms with E-state index in [1.165, 1.54) is 38.0 Å². The third-order valence-corrected chi connectivity index (χ3v) is 7.88. The molecule has 2 aromatic carbocycles. The first-order valence-electron chi connectivity index (χ1n) is 10.2. The number of carbonyl (C=O) groups excluding carboxylic acids is 1. The molecule has 0 atom stereocenters. The summed E-state index contributed by atoms with van der Waals surface area (Å²) in [6.07, 6.45) is 2.02. The number of ether oxygens (including phenoxy) is 1. The summed E-state index contributed by atoms with van der Waals surface area (Å²) in [5, 5.41) is 0.341. The maximum atomic E-state index is 12.9. The largest absolute Gasteiger partial charge is 0.497 e. The van der Waals surface area contributed by atoms with Gasteiger partial charge in [0.05, 0.1) is 17.8 Å². The number of aromatic nitrogens is 1. The van der Waals surface area contributed by atoms with Gasteiger partial charge < -0.3 is 14.1 Å². The predicted octanol–water partition coefficient (Wildman–Crippen LogP) is 3.37. The summed E-state index contributed by atoms with van der Waals surface area (Å²) in [6.45, 7) is 0.549. The molecule has 1 aliphatic rings. The van der Waals surface area contributed by atoms with Gasteiger partial charge in [-0.25, -0.2) is 17.7 Å². The van der Waals surface area contributed by atoms with Gasteiger partial charge >= 0.3 is 0 Å². The van der Waals surface area contributed by atoms with E-state index in [0.717, 1.165) is 28.5 Å². The Morgan fingerprint density at radius 1 is 1.19 bits per heavy atom. The number of amides is 1. The molecule has 1 fully saturated rings. The molecule has 0 N–H and O–H groups in total. The maximum absolute atomic E-state index is 12.9. The molecule has 1 aromatic heterocycles. The molecule has 1 aliphatic carbocycles. The minimum absolute atomic E-state index is 0.0199. The van der Waals surface area contributed by atoms with Crippen LogP contribution in [0.3, 0.4) is 0 Å². The zero-order chi connectivity index (χ0) is 22.9. The van der Waals surface area contributed by atoms with Crippen molar-refractivity contribution >= 4 is 38.8 Å². The van der Waals surface area contributed by atoms with Gasteiger partial charge in [-0.15, -0.1) is 0 Å². The van der Waals surface area contributed by atoms with Gasteiger partial charge in [0.25, 0.3) is 5.22 Å². The molecule has 170 valence electrons. The number of carbonyl (C=O) groups is 1. The Bertz CT molecular complexity index is 1220. The van der Waals surface area contributed by atoms with Crippen molar-refractivity contribution < 1.29 is 22.4 Å². The number of sulfonamides is 1. The first-order valence-corrected chi connectivity index (χ1v) is 12.6. The van der Waals surface area contributed by atoms with Crippen LogP contribution in [0.15, 0.2) is 57.0 Å². The number of thioether (sulfide) groups is 1. The number of methoxy groups -OCH3 is 1. The second-order valence-corrected chi connectivity index (χ2v) is 10.9. The van der Waals surface area contributed by atoms with Gasteiger partial charge in [0.2, 0.25) is 15.9 Å². The Kier molecular flexibility index (Phi) is 6.45. The highest BCUT2D eigenvalue weighted by molar-refractivity contribution is 7.99. The van der Waals surface area contributed by atoms with Crippen molar-refractivity contribution in [1.29, 1.82) is 0 Å². The normalized spacial score (nSPS) is 14.1. The first-order chi connectivity index (χ1) is 15.3. The van der Waals surface area contributed by atoms with Crippen LogP contribution < -0.4 is 4.74 Å². The lowest BCUT2D eigenvalue weighted by Gasteiger charge is -2.22. The summed E-state index contributed by atoms with van der Waals surface area (Å²) < 4.78 is 36.7. The van der Waals surface area contributed by atoms with E-state index in [1.54, 1.807) is 13.2 Å². The van der Waals surface area contributed by atoms with E-state index >= 15 is 0 Å². The third kappa shape index (κ3) is 4.92. The fraction of sp³-hybridized carbons (Fsp3) is 0.364. The van der Waals surface area contributed by atoms with Crippen LogP contribution in [0.2, 0.25) is 0 Å². The number of benzene rings is 2. The third-order valence-electron chi connectivity index (χ3n) is 5.26. The van der Waals surface area contributed by atoms with Crippen molar-refractivity contribution in [2.24, 2.45) is 0 Å². The van der Waals surface area contributed by atoms with Crippen molar-refractivity contribution in [3.8, 4) is 5.75 Å². The molecule has 0 radical (unpaired) electrons. The van der Waals surface area contributed by atoms with Crippen LogP contribution in [0.4, 0.5) is 0 Å². The lowest BCUT2D eigenvalue weighted by Crippen LogP contribution is -2.33. The molecule has 1 heterocycles. The molecular formula is C22H25N3O5S2. The van der Waals surface area contributed by atoms with Crippen molar-refractivity contribution in [3.63, 3.8) is 0 Å². The van der Waals surface area contributed by atoms with Gasteiger partial charge in [-0.2, -0.15) is 0 Å². The molecule has 32 heavy (non-hydrogen) atoms. The Morgan fingerprint density at radius 3 is 2.53 bits per heavy atom. The van der Waals surface area contributed by atoms with E-state index in [9.17, 15) is 13.2 Å². The summed E-state index contributed by atoms with van der Waals surface area (Å²) in [5.74, 6) is 1.00. The van der Waals surface area contributed by atoms with Gasteiger partial charge in [-0.3, -0.25) is 4.79 Å². The van der Waals surface area contributed by atoms with Crippen LogP contribution in [-0.2, 0) is 21.4 Å². The first kappa shape index (κ1) is 22.6. The molecule has 0 saturated heterocycles. The highest BCUT2D eigenvalue weighted by atomic mass is 32.2. The van der Waals surface area contributed by atoms with Crippen molar-refractivity contribution in [1.82, 2.24) is 14.2 Å². The van der Waals surface area contributed by atoms with E-state index in [-0.39, 0.29) is 22.6 Å². The van der Waals surface area contributed by atoms with E-state index in [2.05, 4.69) is 4.98 Å². The molecule has 0 bridgehead atoms. The van der Waals surface area contributed by atoms with Gasteiger partial charge in [-0.05, 0) is 48.7 Å². The van der Waals surface area contributed by atoms with Crippen LogP contribution in [0, 0.1) is 0 Å². The topological polar surface area (TPSA) is 92.9 Å². The minimum Gasteiger partial charge on any atom is -0.497 e. The fourth-order valence-corrected chi connectivity index (χ4v) is 4.91. The highest BCUT2D eigenvalue weighted by Gasteiger charge is 2.32. The van der Waals surface area contributed by atoms with Crippen LogP contribution >= 0.6 is 11.8 Å². The monoisotopic (exact) mass is 475 g/mol. The van der Waals surface area contributed by atoms with Crippen molar-refractivity contribution in [2.75, 3.05) is 27.0 Å². The molecule has 0 spiro atoms. The number of hydrogen-bond acceptors (Lipinski definition) is 7. The highest BCUT2D eigenvalue weighted by Crippen LogP contribution is 2.31. The predicted molar refractivity (Wildman–Crippen MR) is 122 cm³/mol. The van der Waals surface area contributed by atoms with Crippen LogP contribution in [0.5, 0.6) is 5.75 Å². The zero-order valence-electron chi connectivity index (χ0n) is 18.1. The lowest BCUT2D eigenvalue weighted by molar-refractivity contribution is -0.129. The fourth-order valence-electron chi connectivity index (χ4n) is 3.26. The molecule has 1 saturated carbocycles. The molecule has 10 heteroatoms. The molecular weight excluding hydrogens is 450 g/mol. The van der Waals surface area contributed by atoms with E-state index in [4.69, 9.17) is 9.15 Å². The van der Waals surface area contributed by atoms with Gasteiger partial charge in [0.15, 0.2) is 5.58 Å². The van der Waals surface area contributed by atoms with Crippen molar-refractivity contribution in [2.45, 2.75) is 35.5 Å². The standard InChI is InChI=1S/C22H25N3O5S2/c1-24(2)32(27,28)18-10-11-20-19(12-18)23-22(30-20)31-14-21(26)25(16-6-7-16)13-15-4-8-17(29-3)9-5-15/h4-5,8-12,16H,6-7,13-14H2,1-3H3. The Balaban J connectivity index is 1.43.